The number of carbonyl (C=O) groups excluding carboxylic acids is 3. The topological polar surface area (TPSA) is 87.2 Å². The maximum Gasteiger partial charge on any atom is 0.311 e. The lowest BCUT2D eigenvalue weighted by Crippen LogP contribution is -2.57. The summed E-state index contributed by atoms with van der Waals surface area (Å²) in [6.07, 6.45) is 9.03. The Hall–Kier alpha value is -1.80. The summed E-state index contributed by atoms with van der Waals surface area (Å²) >= 11 is 1.55. The summed E-state index contributed by atoms with van der Waals surface area (Å²) in [6.45, 7) is 6.95. The zero-order chi connectivity index (χ0) is 21.7. The van der Waals surface area contributed by atoms with Crippen molar-refractivity contribution in [3.63, 3.8) is 0 Å². The number of rotatable bonds is 3. The Bertz CT molecular complexity index is 804. The van der Waals surface area contributed by atoms with E-state index < -0.39 is 28.2 Å². The number of aliphatic hydroxyl groups is 1. The van der Waals surface area contributed by atoms with Gasteiger partial charge < -0.3 is 19.6 Å². The quantitative estimate of drug-likeness (QED) is 0.533. The molecule has 0 bridgehead atoms. The number of amides is 2. The monoisotopic (exact) mass is 434 g/mol. The third kappa shape index (κ3) is 3.19. The van der Waals surface area contributed by atoms with Crippen molar-refractivity contribution in [1.29, 1.82) is 0 Å². The first-order chi connectivity index (χ1) is 14.2. The highest BCUT2D eigenvalue weighted by molar-refractivity contribution is 8.02. The summed E-state index contributed by atoms with van der Waals surface area (Å²) < 4.78 is 4.63. The molecule has 0 aliphatic carbocycles. The van der Waals surface area contributed by atoms with Gasteiger partial charge in [0.1, 0.15) is 6.04 Å². The lowest BCUT2D eigenvalue weighted by Gasteiger charge is -2.40. The molecule has 0 saturated carbocycles. The predicted octanol–water partition coefficient (Wildman–Crippen LogP) is 1.37. The van der Waals surface area contributed by atoms with E-state index in [1.54, 1.807) is 21.6 Å². The molecule has 2 amide bonds. The zero-order valence-corrected chi connectivity index (χ0v) is 18.6. The van der Waals surface area contributed by atoms with Crippen molar-refractivity contribution < 1.29 is 24.2 Å². The second kappa shape index (κ2) is 7.71. The van der Waals surface area contributed by atoms with Gasteiger partial charge in [-0.1, -0.05) is 24.3 Å². The van der Waals surface area contributed by atoms with E-state index >= 15 is 0 Å². The molecular formula is C22H30N2O5S. The number of esters is 1. The van der Waals surface area contributed by atoms with Crippen LogP contribution in [0.1, 0.15) is 33.6 Å². The van der Waals surface area contributed by atoms with E-state index in [2.05, 4.69) is 0 Å². The van der Waals surface area contributed by atoms with Crippen molar-refractivity contribution in [1.82, 2.24) is 9.80 Å². The lowest BCUT2D eigenvalue weighted by atomic mass is 9.78. The van der Waals surface area contributed by atoms with Gasteiger partial charge in [-0.25, -0.2) is 0 Å². The highest BCUT2D eigenvalue weighted by atomic mass is 32.2. The van der Waals surface area contributed by atoms with Crippen LogP contribution in [0, 0.1) is 11.8 Å². The van der Waals surface area contributed by atoms with Crippen LogP contribution in [0.5, 0.6) is 0 Å². The van der Waals surface area contributed by atoms with E-state index in [9.17, 15) is 19.5 Å². The van der Waals surface area contributed by atoms with Gasteiger partial charge >= 0.3 is 5.97 Å². The molecule has 1 spiro atoms. The van der Waals surface area contributed by atoms with Crippen molar-refractivity contribution in [2.75, 3.05) is 26.3 Å². The first-order valence-corrected chi connectivity index (χ1v) is 11.5. The fourth-order valence-corrected chi connectivity index (χ4v) is 7.19. The molecule has 4 aliphatic heterocycles. The number of aliphatic hydroxyl groups excluding tert-OH is 1. The molecule has 2 fully saturated rings. The van der Waals surface area contributed by atoms with Crippen LogP contribution in [-0.4, -0.2) is 80.6 Å². The van der Waals surface area contributed by atoms with Crippen molar-refractivity contribution >= 4 is 29.5 Å². The van der Waals surface area contributed by atoms with Crippen molar-refractivity contribution in [3.05, 3.63) is 24.3 Å². The van der Waals surface area contributed by atoms with Crippen LogP contribution in [0.2, 0.25) is 0 Å². The summed E-state index contributed by atoms with van der Waals surface area (Å²) in [4.78, 5) is 43.8. The molecular weight excluding hydrogens is 404 g/mol. The van der Waals surface area contributed by atoms with Gasteiger partial charge in [-0.05, 0) is 33.6 Å². The smallest absolute Gasteiger partial charge is 0.311 e. The number of hydrogen-bond acceptors (Lipinski definition) is 6. The number of fused-ring (bicyclic) bond motifs is 2. The second-order valence-corrected chi connectivity index (χ2v) is 10.8. The highest BCUT2D eigenvalue weighted by Gasteiger charge is 2.71. The van der Waals surface area contributed by atoms with Gasteiger partial charge in [0, 0.05) is 30.5 Å². The Morgan fingerprint density at radius 3 is 2.70 bits per heavy atom. The molecule has 5 atom stereocenters. The Morgan fingerprint density at radius 1 is 1.23 bits per heavy atom. The standard InChI is InChI=1S/C22H30N2O5S/c1-21(2,3)24-11-6-9-22-16(15-14(30-22)8-4-5-13-29-20(15)28)18(26)23(10-7-12-25)17(22)19(24)27/h4,6,8-9,14-17,25H,5,7,10-13H2,1-3H3/t14-,15+,16-,17?,22-/m0/s1. The molecule has 164 valence electrons. The Kier molecular flexibility index (Phi) is 5.51. The second-order valence-electron chi connectivity index (χ2n) is 9.36. The maximum absolute atomic E-state index is 13.8. The summed E-state index contributed by atoms with van der Waals surface area (Å²) in [5, 5.41) is 9.17. The molecule has 30 heavy (non-hydrogen) atoms. The third-order valence-electron chi connectivity index (χ3n) is 6.49. The van der Waals surface area contributed by atoms with Crippen LogP contribution < -0.4 is 0 Å². The van der Waals surface area contributed by atoms with E-state index in [1.165, 1.54) is 0 Å². The third-order valence-corrected chi connectivity index (χ3v) is 8.23. The summed E-state index contributed by atoms with van der Waals surface area (Å²) in [7, 11) is 0. The summed E-state index contributed by atoms with van der Waals surface area (Å²) in [5.74, 6) is -1.90. The lowest BCUT2D eigenvalue weighted by molar-refractivity contribution is -0.153. The van der Waals surface area contributed by atoms with Gasteiger partial charge in [-0.15, -0.1) is 11.8 Å². The Balaban J connectivity index is 1.83. The van der Waals surface area contributed by atoms with Gasteiger partial charge in [0.15, 0.2) is 0 Å². The van der Waals surface area contributed by atoms with Gasteiger partial charge in [0.2, 0.25) is 11.8 Å². The van der Waals surface area contributed by atoms with Gasteiger partial charge in [0.25, 0.3) is 0 Å². The number of thioether (sulfide) groups is 1. The average molecular weight is 435 g/mol. The van der Waals surface area contributed by atoms with E-state index in [0.717, 1.165) is 0 Å². The fraction of sp³-hybridized carbons (Fsp3) is 0.682. The minimum Gasteiger partial charge on any atom is -0.465 e. The van der Waals surface area contributed by atoms with Crippen molar-refractivity contribution in [2.45, 2.75) is 55.2 Å². The number of cyclic esters (lactones) is 1. The molecule has 1 unspecified atom stereocenters. The van der Waals surface area contributed by atoms with E-state index in [4.69, 9.17) is 4.74 Å². The largest absolute Gasteiger partial charge is 0.465 e. The van der Waals surface area contributed by atoms with Gasteiger partial charge in [-0.2, -0.15) is 0 Å². The van der Waals surface area contributed by atoms with E-state index in [1.807, 2.05) is 45.1 Å². The number of carbonyl (C=O) groups is 3. The van der Waals surface area contributed by atoms with Crippen molar-refractivity contribution in [3.8, 4) is 0 Å². The first-order valence-electron chi connectivity index (χ1n) is 10.6. The predicted molar refractivity (Wildman–Crippen MR) is 114 cm³/mol. The molecule has 0 aromatic rings. The minimum atomic E-state index is -0.813. The number of nitrogens with zero attached hydrogens (tertiary/aromatic N) is 2. The summed E-state index contributed by atoms with van der Waals surface area (Å²) in [6, 6.07) is -0.695. The first kappa shape index (κ1) is 21.4. The Labute approximate surface area is 181 Å². The SMILES string of the molecule is CC(C)(C)N1CC=C[C@]23S[C@H]4C=CCCOC(=O)[C@H]4[C@H]2C(=O)N(CCCO)C3C1=O. The highest BCUT2D eigenvalue weighted by Crippen LogP contribution is 2.60. The molecule has 8 heteroatoms. The number of likely N-dealkylation sites (tertiary alicyclic amines) is 1. The number of hydrogen-bond donors (Lipinski definition) is 1. The number of ether oxygens (including phenoxy) is 1. The van der Waals surface area contributed by atoms with Crippen LogP contribution in [0.15, 0.2) is 24.3 Å². The molecule has 4 aliphatic rings. The molecule has 4 heterocycles. The van der Waals surface area contributed by atoms with E-state index in [-0.39, 0.29) is 29.6 Å². The maximum atomic E-state index is 13.8. The Morgan fingerprint density at radius 2 is 2.00 bits per heavy atom. The fourth-order valence-electron chi connectivity index (χ4n) is 5.19. The molecule has 7 nitrogen and oxygen atoms in total. The van der Waals surface area contributed by atoms with Gasteiger partial charge in [0.05, 0.1) is 23.2 Å². The van der Waals surface area contributed by atoms with Crippen molar-refractivity contribution in [2.24, 2.45) is 11.8 Å². The molecule has 1 N–H and O–H groups in total. The average Bonchev–Trinajstić information content (AvgIpc) is 3.03. The van der Waals surface area contributed by atoms with Crippen LogP contribution in [0.3, 0.4) is 0 Å². The van der Waals surface area contributed by atoms with E-state index in [0.29, 0.717) is 32.5 Å². The zero-order valence-electron chi connectivity index (χ0n) is 17.7. The van der Waals surface area contributed by atoms with Crippen LogP contribution >= 0.6 is 11.8 Å². The summed E-state index contributed by atoms with van der Waals surface area (Å²) in [5.41, 5.74) is -0.402. The molecule has 4 rings (SSSR count). The van der Waals surface area contributed by atoms with Crippen LogP contribution in [0.25, 0.3) is 0 Å². The minimum absolute atomic E-state index is 0.0643. The molecule has 0 radical (unpaired) electrons. The van der Waals surface area contributed by atoms with Gasteiger partial charge in [-0.3, -0.25) is 14.4 Å². The normalized spacial score (nSPS) is 36.1. The molecule has 0 aromatic carbocycles. The molecule has 0 aromatic heterocycles. The van der Waals surface area contributed by atoms with Crippen LogP contribution in [-0.2, 0) is 19.1 Å². The molecule has 2 saturated heterocycles. The van der Waals surface area contributed by atoms with Crippen LogP contribution in [0.4, 0.5) is 0 Å².